The zero-order valence-corrected chi connectivity index (χ0v) is 6.47. The number of nitrogens with two attached hydrogens (primary N) is 1. The maximum atomic E-state index is 9.79. The van der Waals surface area contributed by atoms with Crippen LogP contribution in [0.4, 0.5) is 0 Å². The Labute approximate surface area is 90.1 Å². The summed E-state index contributed by atoms with van der Waals surface area (Å²) in [6.07, 6.45) is 0. The predicted octanol–water partition coefficient (Wildman–Crippen LogP) is -2.57. The maximum absolute atomic E-state index is 9.79. The van der Waals surface area contributed by atoms with Crippen LogP contribution in [-0.4, -0.2) is 64.2 Å². The molecule has 64 valence electrons. The van der Waals surface area contributed by atoms with Crippen LogP contribution in [0, 0.1) is 0 Å². The van der Waals surface area contributed by atoms with E-state index >= 15 is 0 Å². The quantitative estimate of drug-likeness (QED) is 0.245. The van der Waals surface area contributed by atoms with Gasteiger partial charge in [0, 0.05) is 19.6 Å². The number of nitrogens with one attached hydrogen (secondary N) is 1. The first kappa shape index (κ1) is 14.4. The van der Waals surface area contributed by atoms with E-state index in [0.29, 0.717) is 19.6 Å². The molecule has 0 spiro atoms. The zero-order chi connectivity index (χ0) is 7.82. The van der Waals surface area contributed by atoms with Crippen molar-refractivity contribution in [3.8, 4) is 0 Å². The van der Waals surface area contributed by atoms with Crippen molar-refractivity contribution in [2.45, 2.75) is 0 Å². The van der Waals surface area contributed by atoms with E-state index in [1.807, 2.05) is 0 Å². The molecule has 11 heavy (non-hydrogen) atoms. The van der Waals surface area contributed by atoms with Crippen LogP contribution in [-0.2, 0) is 15.2 Å². The van der Waals surface area contributed by atoms with Crippen molar-refractivity contribution in [3.63, 3.8) is 0 Å². The van der Waals surface area contributed by atoms with Crippen LogP contribution in [0.25, 0.3) is 0 Å². The topological polar surface area (TPSA) is 81.4 Å². The molecule has 7 heteroatoms. The molecular weight excluding hydrogens is 179 g/mol. The summed E-state index contributed by atoms with van der Waals surface area (Å²) in [5.74, 6) is 0. The second-order valence-electron chi connectivity index (χ2n) is 1.60. The molecular formula is C4H13N2NaO3S. The first-order valence-corrected chi connectivity index (χ1v) is 4.05. The zero-order valence-electron chi connectivity index (χ0n) is 5.58. The molecule has 0 amide bonds. The van der Waals surface area contributed by atoms with Crippen LogP contribution in [0.1, 0.15) is 0 Å². The molecule has 5 nitrogen and oxygen atoms in total. The molecule has 0 atom stereocenters. The van der Waals surface area contributed by atoms with E-state index in [9.17, 15) is 8.42 Å². The van der Waals surface area contributed by atoms with Gasteiger partial charge in [-0.1, -0.05) is 0 Å². The molecule has 0 aliphatic carbocycles. The summed E-state index contributed by atoms with van der Waals surface area (Å²) < 4.78 is 23.8. The first-order chi connectivity index (χ1) is 4.77. The predicted molar refractivity (Wildman–Crippen MR) is 45.3 cm³/mol. The third-order valence-corrected chi connectivity index (χ3v) is 1.19. The van der Waals surface area contributed by atoms with Crippen molar-refractivity contribution >= 4 is 40.5 Å². The van der Waals surface area contributed by atoms with Crippen LogP contribution in [0.2, 0.25) is 0 Å². The van der Waals surface area contributed by atoms with Crippen molar-refractivity contribution in [2.24, 2.45) is 5.73 Å². The van der Waals surface area contributed by atoms with Crippen LogP contribution in [0.15, 0.2) is 0 Å². The molecule has 0 aliphatic heterocycles. The van der Waals surface area contributed by atoms with Gasteiger partial charge in [-0.05, 0) is 0 Å². The Morgan fingerprint density at radius 2 is 2.00 bits per heavy atom. The summed E-state index contributed by atoms with van der Waals surface area (Å²) in [6.45, 7) is 1.92. The van der Waals surface area contributed by atoms with E-state index in [2.05, 4.69) is 9.50 Å². The monoisotopic (exact) mass is 192 g/mol. The van der Waals surface area contributed by atoms with Crippen LogP contribution >= 0.6 is 0 Å². The van der Waals surface area contributed by atoms with Crippen LogP contribution in [0.3, 0.4) is 0 Å². The number of hydrogen-bond acceptors (Lipinski definition) is 5. The number of thiol groups is 1. The first-order valence-electron chi connectivity index (χ1n) is 2.95. The Bertz CT molecular complexity index is 133. The third kappa shape index (κ3) is 13.8. The summed E-state index contributed by atoms with van der Waals surface area (Å²) in [6, 6.07) is 0. The van der Waals surface area contributed by atoms with Crippen molar-refractivity contribution in [1.82, 2.24) is 5.32 Å². The molecule has 3 N–H and O–H groups in total. The van der Waals surface area contributed by atoms with E-state index in [1.165, 1.54) is 0 Å². The van der Waals surface area contributed by atoms with Crippen LogP contribution < -0.4 is 11.1 Å². The summed E-state index contributed by atoms with van der Waals surface area (Å²) in [4.78, 5) is 0. The van der Waals surface area contributed by atoms with E-state index < -0.39 is 11.0 Å². The summed E-state index contributed by atoms with van der Waals surface area (Å²) in [5, 5.41) is 2.87. The average Bonchev–Trinajstić information content (AvgIpc) is 1.87. The molecule has 0 heterocycles. The molecule has 0 fully saturated rings. The normalized spacial score (nSPS) is 9.64. The van der Waals surface area contributed by atoms with Crippen molar-refractivity contribution in [2.75, 3.05) is 26.2 Å². The van der Waals surface area contributed by atoms with Gasteiger partial charge in [-0.25, -0.2) is 8.42 Å². The molecule has 0 saturated carbocycles. The van der Waals surface area contributed by atoms with Crippen molar-refractivity contribution in [1.29, 1.82) is 0 Å². The van der Waals surface area contributed by atoms with Crippen molar-refractivity contribution < 1.29 is 12.6 Å². The van der Waals surface area contributed by atoms with Gasteiger partial charge in [-0.3, -0.25) is 4.18 Å². The van der Waals surface area contributed by atoms with Gasteiger partial charge in [0.15, 0.2) is 0 Å². The van der Waals surface area contributed by atoms with E-state index in [1.54, 1.807) is 0 Å². The van der Waals surface area contributed by atoms with E-state index in [4.69, 9.17) is 5.73 Å². The molecule has 0 aromatic carbocycles. The minimum absolute atomic E-state index is 0. The molecule has 0 aliphatic rings. The Morgan fingerprint density at radius 1 is 1.36 bits per heavy atom. The molecule has 0 aromatic rings. The molecule has 0 saturated heterocycles. The minimum atomic E-state index is -2.69. The fourth-order valence-corrected chi connectivity index (χ4v) is 0.660. The summed E-state index contributed by atoms with van der Waals surface area (Å²) in [7, 11) is -2.69. The second-order valence-corrected chi connectivity index (χ2v) is 2.30. The van der Waals surface area contributed by atoms with Gasteiger partial charge in [0.05, 0.1) is 6.61 Å². The third-order valence-electron chi connectivity index (χ3n) is 0.797. The van der Waals surface area contributed by atoms with Gasteiger partial charge in [-0.2, -0.15) is 0 Å². The van der Waals surface area contributed by atoms with E-state index in [-0.39, 0.29) is 36.2 Å². The van der Waals surface area contributed by atoms with E-state index in [0.717, 1.165) is 0 Å². The van der Waals surface area contributed by atoms with Gasteiger partial charge in [-0.15, -0.1) is 0 Å². The fraction of sp³-hybridized carbons (Fsp3) is 1.00. The Kier molecular flexibility index (Phi) is 14.1. The second kappa shape index (κ2) is 10.8. The standard InChI is InChI=1S/C4H12N2O3S.Na.H/c5-1-2-6-3-4-9-10(7)8;;/h6,10H,1-5H2;;. The van der Waals surface area contributed by atoms with Crippen molar-refractivity contribution in [3.05, 3.63) is 0 Å². The number of rotatable bonds is 6. The Balaban J connectivity index is 0. The average molecular weight is 192 g/mol. The molecule has 0 bridgehead atoms. The van der Waals surface area contributed by atoms with Gasteiger partial charge < -0.3 is 11.1 Å². The van der Waals surface area contributed by atoms with Gasteiger partial charge in [0.25, 0.3) is 11.0 Å². The fourth-order valence-electron chi connectivity index (χ4n) is 0.419. The SMILES string of the molecule is NCCNCCO[SH](=O)=O.[NaH]. The molecule has 0 radical (unpaired) electrons. The Hall–Kier alpha value is 0.830. The van der Waals surface area contributed by atoms with Gasteiger partial charge in [0.1, 0.15) is 0 Å². The molecule has 0 rings (SSSR count). The van der Waals surface area contributed by atoms with Gasteiger partial charge in [0.2, 0.25) is 0 Å². The Morgan fingerprint density at radius 3 is 2.45 bits per heavy atom. The summed E-state index contributed by atoms with van der Waals surface area (Å²) in [5.41, 5.74) is 5.15. The number of hydrogen-bond donors (Lipinski definition) is 3. The van der Waals surface area contributed by atoms with Crippen LogP contribution in [0.5, 0.6) is 0 Å². The molecule has 0 unspecified atom stereocenters. The summed E-state index contributed by atoms with van der Waals surface area (Å²) >= 11 is 0. The van der Waals surface area contributed by atoms with Gasteiger partial charge >= 0.3 is 29.6 Å². The molecule has 0 aromatic heterocycles.